The normalized spacial score (nSPS) is 17.5. The lowest BCUT2D eigenvalue weighted by atomic mass is 10.2. The van der Waals surface area contributed by atoms with Crippen LogP contribution in [-0.2, 0) is 30.7 Å². The molecule has 2 aliphatic carbocycles. The molecule has 2 saturated carbocycles. The van der Waals surface area contributed by atoms with Crippen molar-refractivity contribution in [1.29, 1.82) is 0 Å². The van der Waals surface area contributed by atoms with Crippen LogP contribution >= 0.6 is 0 Å². The number of fused-ring (bicyclic) bond motifs is 1. The molecular formula is C37H44N6O7S. The van der Waals surface area contributed by atoms with Crippen LogP contribution in [0.1, 0.15) is 95.4 Å². The Bertz CT molecular complexity index is 2110. The quantitative estimate of drug-likeness (QED) is 0.186. The van der Waals surface area contributed by atoms with Gasteiger partial charge >= 0.3 is 12.2 Å². The summed E-state index contributed by atoms with van der Waals surface area (Å²) in [7, 11) is -4.28. The number of carbonyl (C=O) groups is 3. The number of rotatable bonds is 10. The van der Waals surface area contributed by atoms with Gasteiger partial charge in [0.1, 0.15) is 28.4 Å². The maximum atomic E-state index is 13.9. The second kappa shape index (κ2) is 13.4. The zero-order valence-corrected chi connectivity index (χ0v) is 30.8. The number of Topliss-reactive ketones (excluding diaryl/α,β-unsaturated/α-hetero) is 1. The number of nitrogens with zero attached hydrogens (tertiary/aromatic N) is 5. The van der Waals surface area contributed by atoms with Crippen molar-refractivity contribution >= 4 is 44.8 Å². The Morgan fingerprint density at radius 3 is 2.35 bits per heavy atom. The van der Waals surface area contributed by atoms with Crippen LogP contribution in [-0.4, -0.2) is 62.7 Å². The van der Waals surface area contributed by atoms with E-state index in [4.69, 9.17) is 14.5 Å². The zero-order chi connectivity index (χ0) is 36.9. The van der Waals surface area contributed by atoms with Crippen molar-refractivity contribution in [2.75, 3.05) is 16.0 Å². The van der Waals surface area contributed by atoms with Crippen molar-refractivity contribution in [3.63, 3.8) is 0 Å². The number of aromatic nitrogens is 4. The molecule has 2 fully saturated rings. The third kappa shape index (κ3) is 8.91. The third-order valence-electron chi connectivity index (χ3n) is 8.43. The van der Waals surface area contributed by atoms with Crippen molar-refractivity contribution in [1.82, 2.24) is 19.4 Å². The maximum Gasteiger partial charge on any atom is 0.415 e. The molecule has 3 aromatic heterocycles. The summed E-state index contributed by atoms with van der Waals surface area (Å²) in [6, 6.07) is 9.85. The summed E-state index contributed by atoms with van der Waals surface area (Å²) in [6.07, 6.45) is 6.66. The van der Waals surface area contributed by atoms with Gasteiger partial charge < -0.3 is 13.9 Å². The van der Waals surface area contributed by atoms with E-state index in [-0.39, 0.29) is 28.7 Å². The SMILES string of the molecule is Cc1ccnc([C@H]2C[C@@H]2C(=O)CS(=O)(=O)c2ccc(N(Cc3cn4cc(C5CC5)ccc4n3)C(=O)OC(C)(C)C)cc2NC(=O)OC(C)(C)C)n1. The highest BCUT2D eigenvalue weighted by Crippen LogP contribution is 2.47. The van der Waals surface area contributed by atoms with Gasteiger partial charge in [0.25, 0.3) is 0 Å². The Kier molecular flexibility index (Phi) is 9.42. The molecule has 2 aliphatic rings. The molecule has 2 amide bonds. The molecule has 1 N–H and O–H groups in total. The van der Waals surface area contributed by atoms with Crippen molar-refractivity contribution in [3.05, 3.63) is 77.8 Å². The van der Waals surface area contributed by atoms with E-state index in [1.807, 2.05) is 29.8 Å². The minimum absolute atomic E-state index is 0.0179. The summed E-state index contributed by atoms with van der Waals surface area (Å²) in [5, 5.41) is 2.55. The number of hydrogen-bond acceptors (Lipinski definition) is 10. The molecule has 0 aliphatic heterocycles. The summed E-state index contributed by atoms with van der Waals surface area (Å²) in [6.45, 7) is 12.1. The van der Waals surface area contributed by atoms with Gasteiger partial charge in [-0.25, -0.2) is 33.0 Å². The number of aryl methyl sites for hydroxylation is 1. The first-order valence-corrected chi connectivity index (χ1v) is 18.7. The molecule has 270 valence electrons. The average Bonchev–Trinajstić information content (AvgIpc) is 3.94. The molecule has 6 rings (SSSR count). The summed E-state index contributed by atoms with van der Waals surface area (Å²) < 4.78 is 40.9. The molecule has 0 bridgehead atoms. The Balaban J connectivity index is 1.32. The molecular weight excluding hydrogens is 673 g/mol. The van der Waals surface area contributed by atoms with Crippen LogP contribution in [0.25, 0.3) is 5.65 Å². The number of ketones is 1. The number of ether oxygens (including phenoxy) is 2. The first-order chi connectivity index (χ1) is 23.8. The largest absolute Gasteiger partial charge is 0.444 e. The predicted octanol–water partition coefficient (Wildman–Crippen LogP) is 6.75. The molecule has 2 atom stereocenters. The zero-order valence-electron chi connectivity index (χ0n) is 30.0. The fourth-order valence-corrected chi connectivity index (χ4v) is 7.32. The number of anilines is 2. The van der Waals surface area contributed by atoms with Crippen molar-refractivity contribution in [2.24, 2.45) is 5.92 Å². The number of pyridine rings is 1. The monoisotopic (exact) mass is 716 g/mol. The Labute approximate surface area is 297 Å². The second-order valence-electron chi connectivity index (χ2n) is 15.3. The van der Waals surface area contributed by atoms with Gasteiger partial charge in [-0.15, -0.1) is 0 Å². The standard InChI is InChI=1S/C37H44N6O7S/c1-22-14-15-38-33(39-22)28-17-27(28)30(44)21-51(47,48)31-12-11-26(16-29(31)41-34(45)49-36(2,3)4)43(35(46)50-37(5,6)7)20-25-19-42-18-24(23-8-9-23)10-13-32(42)40-25/h10-16,18-19,23,27-28H,8-9,17,20-21H2,1-7H3,(H,41,45)/t27-,28-/m0/s1. The van der Waals surface area contributed by atoms with Gasteiger partial charge in [-0.1, -0.05) is 6.07 Å². The first kappa shape index (κ1) is 36.0. The van der Waals surface area contributed by atoms with Crippen LogP contribution in [0.5, 0.6) is 0 Å². The van der Waals surface area contributed by atoms with Gasteiger partial charge in [0.15, 0.2) is 15.6 Å². The van der Waals surface area contributed by atoms with E-state index in [1.54, 1.807) is 53.8 Å². The third-order valence-corrected chi connectivity index (χ3v) is 10.1. The van der Waals surface area contributed by atoms with Crippen LogP contribution in [0, 0.1) is 12.8 Å². The van der Waals surface area contributed by atoms with Gasteiger partial charge in [0, 0.05) is 41.8 Å². The van der Waals surface area contributed by atoms with Crippen LogP contribution in [0.2, 0.25) is 0 Å². The molecule has 0 unspecified atom stereocenters. The molecule has 0 spiro atoms. The van der Waals surface area contributed by atoms with E-state index in [0.29, 0.717) is 29.5 Å². The highest BCUT2D eigenvalue weighted by molar-refractivity contribution is 7.92. The van der Waals surface area contributed by atoms with Gasteiger partial charge in [-0.05, 0) is 110 Å². The number of carbonyl (C=O) groups excluding carboxylic acids is 3. The first-order valence-electron chi connectivity index (χ1n) is 17.0. The Morgan fingerprint density at radius 2 is 1.69 bits per heavy atom. The number of benzene rings is 1. The van der Waals surface area contributed by atoms with Crippen LogP contribution in [0.15, 0.2) is 59.9 Å². The topological polar surface area (TPSA) is 162 Å². The number of nitrogens with one attached hydrogen (secondary N) is 1. The van der Waals surface area contributed by atoms with Crippen molar-refractivity contribution in [2.45, 2.75) is 102 Å². The lowest BCUT2D eigenvalue weighted by molar-refractivity contribution is -0.117. The second-order valence-corrected chi connectivity index (χ2v) is 17.3. The highest BCUT2D eigenvalue weighted by atomic mass is 32.2. The fourth-order valence-electron chi connectivity index (χ4n) is 5.86. The van der Waals surface area contributed by atoms with Gasteiger partial charge in [0.05, 0.1) is 22.8 Å². The lowest BCUT2D eigenvalue weighted by Gasteiger charge is -2.28. The summed E-state index contributed by atoms with van der Waals surface area (Å²) in [5.74, 6) is -0.981. The Morgan fingerprint density at radius 1 is 0.961 bits per heavy atom. The van der Waals surface area contributed by atoms with E-state index in [1.165, 1.54) is 28.7 Å². The van der Waals surface area contributed by atoms with Crippen LogP contribution in [0.4, 0.5) is 21.0 Å². The number of imidazole rings is 1. The molecule has 14 heteroatoms. The Hall–Kier alpha value is -4.85. The molecule has 0 radical (unpaired) electrons. The van der Waals surface area contributed by atoms with Crippen LogP contribution < -0.4 is 10.2 Å². The highest BCUT2D eigenvalue weighted by Gasteiger charge is 2.47. The lowest BCUT2D eigenvalue weighted by Crippen LogP contribution is -2.36. The smallest absolute Gasteiger partial charge is 0.415 e. The summed E-state index contributed by atoms with van der Waals surface area (Å²) >= 11 is 0. The molecule has 51 heavy (non-hydrogen) atoms. The van der Waals surface area contributed by atoms with E-state index in [0.717, 1.165) is 18.5 Å². The molecule has 0 saturated heterocycles. The van der Waals surface area contributed by atoms with Gasteiger partial charge in [-0.3, -0.25) is 15.0 Å². The number of hydrogen-bond donors (Lipinski definition) is 1. The molecule has 4 aromatic rings. The molecule has 1 aromatic carbocycles. The summed E-state index contributed by atoms with van der Waals surface area (Å²) in [5.41, 5.74) is 1.60. The number of sulfone groups is 1. The minimum atomic E-state index is -4.28. The summed E-state index contributed by atoms with van der Waals surface area (Å²) in [4.78, 5) is 54.4. The maximum absolute atomic E-state index is 13.9. The van der Waals surface area contributed by atoms with E-state index < -0.39 is 50.7 Å². The molecule has 13 nitrogen and oxygen atoms in total. The predicted molar refractivity (Wildman–Crippen MR) is 191 cm³/mol. The van der Waals surface area contributed by atoms with Crippen LogP contribution in [0.3, 0.4) is 0 Å². The average molecular weight is 717 g/mol. The van der Waals surface area contributed by atoms with E-state index in [9.17, 15) is 22.8 Å². The van der Waals surface area contributed by atoms with E-state index in [2.05, 4.69) is 21.4 Å². The van der Waals surface area contributed by atoms with Crippen molar-refractivity contribution in [3.8, 4) is 0 Å². The number of amides is 2. The molecule has 3 heterocycles. The fraction of sp³-hybridized carbons (Fsp3) is 0.459. The minimum Gasteiger partial charge on any atom is -0.444 e. The van der Waals surface area contributed by atoms with Crippen molar-refractivity contribution < 1.29 is 32.3 Å². The van der Waals surface area contributed by atoms with Gasteiger partial charge in [0.2, 0.25) is 0 Å². The van der Waals surface area contributed by atoms with E-state index >= 15 is 0 Å². The van der Waals surface area contributed by atoms with Gasteiger partial charge in [-0.2, -0.15) is 0 Å².